The second kappa shape index (κ2) is 8.20. The molecule has 0 aliphatic rings. The van der Waals surface area contributed by atoms with Crippen molar-refractivity contribution in [3.8, 4) is 22.8 Å². The predicted molar refractivity (Wildman–Crippen MR) is 97.3 cm³/mol. The molecule has 1 amide bonds. The van der Waals surface area contributed by atoms with Gasteiger partial charge in [-0.05, 0) is 48.9 Å². The smallest absolute Gasteiger partial charge is 0.273 e. The number of hydrogen-bond donors (Lipinski definition) is 1. The summed E-state index contributed by atoms with van der Waals surface area (Å²) in [6.45, 7) is 2.94. The molecular weight excluding hydrogens is 332 g/mol. The normalized spacial score (nSPS) is 10.4. The summed E-state index contributed by atoms with van der Waals surface area (Å²) >= 11 is 0. The van der Waals surface area contributed by atoms with Crippen LogP contribution in [0.1, 0.15) is 23.0 Å². The van der Waals surface area contributed by atoms with Gasteiger partial charge in [-0.15, -0.1) is 0 Å². The molecule has 26 heavy (non-hydrogen) atoms. The Kier molecular flexibility index (Phi) is 5.53. The lowest BCUT2D eigenvalue weighted by Gasteiger charge is -2.04. The Morgan fingerprint density at radius 2 is 1.77 bits per heavy atom. The summed E-state index contributed by atoms with van der Waals surface area (Å²) in [5, 5.41) is 6.67. The molecule has 3 aromatic rings. The molecule has 0 radical (unpaired) electrons. The van der Waals surface area contributed by atoms with Crippen LogP contribution >= 0.6 is 0 Å². The van der Waals surface area contributed by atoms with Crippen molar-refractivity contribution in [3.63, 3.8) is 0 Å². The first-order chi connectivity index (χ1) is 12.7. The van der Waals surface area contributed by atoms with Crippen LogP contribution in [0.25, 0.3) is 11.3 Å². The third-order valence-electron chi connectivity index (χ3n) is 3.80. The molecular formula is C20H20N2O4. The Morgan fingerprint density at radius 3 is 2.42 bits per heavy atom. The topological polar surface area (TPSA) is 73.6 Å². The molecule has 0 fully saturated rings. The van der Waals surface area contributed by atoms with E-state index in [0.717, 1.165) is 22.6 Å². The summed E-state index contributed by atoms with van der Waals surface area (Å²) < 4.78 is 15.8. The number of hydrogen-bond acceptors (Lipinski definition) is 5. The van der Waals surface area contributed by atoms with Crippen LogP contribution in [0.5, 0.6) is 11.5 Å². The molecule has 134 valence electrons. The van der Waals surface area contributed by atoms with Crippen molar-refractivity contribution in [2.24, 2.45) is 0 Å². The molecule has 6 heteroatoms. The quantitative estimate of drug-likeness (QED) is 0.702. The molecule has 0 bridgehead atoms. The summed E-state index contributed by atoms with van der Waals surface area (Å²) in [5.74, 6) is 1.80. The number of amides is 1. The molecule has 1 aromatic heterocycles. The largest absolute Gasteiger partial charge is 0.497 e. The Bertz CT molecular complexity index is 854. The maximum Gasteiger partial charge on any atom is 0.273 e. The van der Waals surface area contributed by atoms with Crippen LogP contribution in [0.4, 0.5) is 0 Å². The molecule has 0 unspecified atom stereocenters. The monoisotopic (exact) mass is 352 g/mol. The number of ether oxygens (including phenoxy) is 2. The fraction of sp³-hybridized carbons (Fsp3) is 0.200. The molecule has 2 aromatic carbocycles. The van der Waals surface area contributed by atoms with E-state index in [0.29, 0.717) is 18.9 Å². The van der Waals surface area contributed by atoms with Gasteiger partial charge in [-0.25, -0.2) is 0 Å². The summed E-state index contributed by atoms with van der Waals surface area (Å²) in [6.07, 6.45) is 0. The van der Waals surface area contributed by atoms with E-state index in [1.54, 1.807) is 13.2 Å². The fourth-order valence-corrected chi connectivity index (χ4v) is 2.42. The number of nitrogens with zero attached hydrogens (tertiary/aromatic N) is 1. The molecule has 1 heterocycles. The minimum Gasteiger partial charge on any atom is -0.497 e. The lowest BCUT2D eigenvalue weighted by molar-refractivity contribution is 0.0942. The van der Waals surface area contributed by atoms with Gasteiger partial charge in [0.05, 0.1) is 13.7 Å². The summed E-state index contributed by atoms with van der Waals surface area (Å²) in [5.41, 5.74) is 2.03. The highest BCUT2D eigenvalue weighted by molar-refractivity contribution is 5.93. The van der Waals surface area contributed by atoms with Crippen molar-refractivity contribution in [2.45, 2.75) is 13.5 Å². The first-order valence-electron chi connectivity index (χ1n) is 8.30. The zero-order chi connectivity index (χ0) is 18.4. The van der Waals surface area contributed by atoms with Gasteiger partial charge in [0.2, 0.25) is 0 Å². The first kappa shape index (κ1) is 17.5. The van der Waals surface area contributed by atoms with Gasteiger partial charge < -0.3 is 19.3 Å². The van der Waals surface area contributed by atoms with Gasteiger partial charge in [-0.2, -0.15) is 0 Å². The SMILES string of the molecule is CCOc1ccc(-c2cc(C(=O)NCc3ccc(OC)cc3)no2)cc1. The van der Waals surface area contributed by atoms with Crippen LogP contribution in [0.2, 0.25) is 0 Å². The fourth-order valence-electron chi connectivity index (χ4n) is 2.42. The molecule has 0 saturated carbocycles. The van der Waals surface area contributed by atoms with Gasteiger partial charge in [0.15, 0.2) is 11.5 Å². The lowest BCUT2D eigenvalue weighted by atomic mass is 10.1. The molecule has 0 spiro atoms. The molecule has 3 rings (SSSR count). The van der Waals surface area contributed by atoms with Crippen molar-refractivity contribution in [2.75, 3.05) is 13.7 Å². The van der Waals surface area contributed by atoms with Crippen molar-refractivity contribution >= 4 is 5.91 Å². The molecule has 0 aliphatic carbocycles. The van der Waals surface area contributed by atoms with Crippen molar-refractivity contribution in [1.29, 1.82) is 0 Å². The molecule has 1 N–H and O–H groups in total. The number of benzene rings is 2. The average molecular weight is 352 g/mol. The maximum absolute atomic E-state index is 12.2. The Morgan fingerprint density at radius 1 is 1.08 bits per heavy atom. The number of rotatable bonds is 7. The van der Waals surface area contributed by atoms with Gasteiger partial charge >= 0.3 is 0 Å². The third kappa shape index (κ3) is 4.22. The second-order valence-electron chi connectivity index (χ2n) is 5.56. The highest BCUT2D eigenvalue weighted by Gasteiger charge is 2.13. The van der Waals surface area contributed by atoms with E-state index in [1.165, 1.54) is 0 Å². The predicted octanol–water partition coefficient (Wildman–Crippen LogP) is 3.68. The van der Waals surface area contributed by atoms with Crippen LogP contribution in [-0.4, -0.2) is 24.8 Å². The second-order valence-corrected chi connectivity index (χ2v) is 5.56. The van der Waals surface area contributed by atoms with E-state index in [1.807, 2.05) is 55.5 Å². The Labute approximate surface area is 151 Å². The number of carbonyl (C=O) groups is 1. The van der Waals surface area contributed by atoms with Crippen molar-refractivity contribution < 1.29 is 18.8 Å². The van der Waals surface area contributed by atoms with Gasteiger partial charge in [0, 0.05) is 18.2 Å². The van der Waals surface area contributed by atoms with E-state index >= 15 is 0 Å². The summed E-state index contributed by atoms with van der Waals surface area (Å²) in [6, 6.07) is 16.5. The Balaban J connectivity index is 1.61. The first-order valence-corrected chi connectivity index (χ1v) is 8.30. The van der Waals surface area contributed by atoms with Gasteiger partial charge in [-0.1, -0.05) is 17.3 Å². The van der Waals surface area contributed by atoms with E-state index in [-0.39, 0.29) is 11.6 Å². The number of nitrogens with one attached hydrogen (secondary N) is 1. The highest BCUT2D eigenvalue weighted by Crippen LogP contribution is 2.23. The molecule has 6 nitrogen and oxygen atoms in total. The summed E-state index contributed by atoms with van der Waals surface area (Å²) in [7, 11) is 1.61. The van der Waals surface area contributed by atoms with Gasteiger partial charge in [0.25, 0.3) is 5.91 Å². The van der Waals surface area contributed by atoms with Crippen LogP contribution < -0.4 is 14.8 Å². The van der Waals surface area contributed by atoms with E-state index in [2.05, 4.69) is 10.5 Å². The van der Waals surface area contributed by atoms with Crippen LogP contribution in [0.15, 0.2) is 59.1 Å². The van der Waals surface area contributed by atoms with Crippen LogP contribution in [0.3, 0.4) is 0 Å². The Hall–Kier alpha value is -3.28. The lowest BCUT2D eigenvalue weighted by Crippen LogP contribution is -2.22. The van der Waals surface area contributed by atoms with Gasteiger partial charge in [0.1, 0.15) is 11.5 Å². The number of methoxy groups -OCH3 is 1. The molecule has 0 aliphatic heterocycles. The van der Waals surface area contributed by atoms with Crippen LogP contribution in [-0.2, 0) is 6.54 Å². The molecule has 0 saturated heterocycles. The highest BCUT2D eigenvalue weighted by atomic mass is 16.5. The van der Waals surface area contributed by atoms with Crippen molar-refractivity contribution in [1.82, 2.24) is 10.5 Å². The standard InChI is InChI=1S/C20H20N2O4/c1-3-25-17-10-6-15(7-11-17)19-12-18(22-26-19)20(23)21-13-14-4-8-16(24-2)9-5-14/h4-12H,3,13H2,1-2H3,(H,21,23). The number of aromatic nitrogens is 1. The third-order valence-corrected chi connectivity index (χ3v) is 3.80. The zero-order valence-corrected chi connectivity index (χ0v) is 14.7. The van der Waals surface area contributed by atoms with E-state index in [9.17, 15) is 4.79 Å². The maximum atomic E-state index is 12.2. The van der Waals surface area contributed by atoms with Crippen LogP contribution in [0, 0.1) is 0 Å². The number of carbonyl (C=O) groups excluding carboxylic acids is 1. The van der Waals surface area contributed by atoms with Crippen molar-refractivity contribution in [3.05, 3.63) is 65.9 Å². The summed E-state index contributed by atoms with van der Waals surface area (Å²) in [4.78, 5) is 12.2. The minimum atomic E-state index is -0.290. The van der Waals surface area contributed by atoms with Gasteiger partial charge in [-0.3, -0.25) is 4.79 Å². The minimum absolute atomic E-state index is 0.238. The zero-order valence-electron chi connectivity index (χ0n) is 14.7. The van der Waals surface area contributed by atoms with E-state index in [4.69, 9.17) is 14.0 Å². The average Bonchev–Trinajstić information content (AvgIpc) is 3.18. The molecule has 0 atom stereocenters. The van der Waals surface area contributed by atoms with E-state index < -0.39 is 0 Å².